The Morgan fingerprint density at radius 2 is 1.95 bits per heavy atom. The molecule has 0 amide bonds. The lowest BCUT2D eigenvalue weighted by Crippen LogP contribution is -2.03. The number of rotatable bonds is 3. The number of benzene rings is 2. The Kier molecular flexibility index (Phi) is 3.06. The number of anilines is 1. The van der Waals surface area contributed by atoms with Gasteiger partial charge in [-0.3, -0.25) is 4.79 Å². The van der Waals surface area contributed by atoms with Crippen LogP contribution >= 0.6 is 0 Å². The lowest BCUT2D eigenvalue weighted by molar-refractivity contribution is 0.103. The predicted molar refractivity (Wildman–Crippen MR) is 76.5 cm³/mol. The first-order valence-electron chi connectivity index (χ1n) is 6.43. The molecule has 0 saturated heterocycles. The number of carbonyl (C=O) groups excluding carboxylic acids is 1. The minimum absolute atomic E-state index is 0.0472. The van der Waals surface area contributed by atoms with Crippen LogP contribution in [0.4, 0.5) is 5.69 Å². The Morgan fingerprint density at radius 3 is 2.70 bits per heavy atom. The zero-order valence-electron chi connectivity index (χ0n) is 11.2. The van der Waals surface area contributed by atoms with Crippen LogP contribution in [0.1, 0.15) is 21.5 Å². The van der Waals surface area contributed by atoms with Crippen LogP contribution in [0.5, 0.6) is 11.5 Å². The summed E-state index contributed by atoms with van der Waals surface area (Å²) in [5, 5.41) is 0. The quantitative estimate of drug-likeness (QED) is 0.686. The summed E-state index contributed by atoms with van der Waals surface area (Å²) in [6.07, 6.45) is 0.848. The summed E-state index contributed by atoms with van der Waals surface area (Å²) in [7, 11) is 1.55. The fraction of sp³-hybridized carbons (Fsp3) is 0.188. The topological polar surface area (TPSA) is 61.5 Å². The van der Waals surface area contributed by atoms with Crippen molar-refractivity contribution in [3.63, 3.8) is 0 Å². The van der Waals surface area contributed by atoms with Crippen molar-refractivity contribution in [2.24, 2.45) is 0 Å². The van der Waals surface area contributed by atoms with Crippen molar-refractivity contribution in [1.82, 2.24) is 0 Å². The fourth-order valence-corrected chi connectivity index (χ4v) is 2.37. The molecule has 2 aromatic rings. The van der Waals surface area contributed by atoms with E-state index in [1.807, 2.05) is 12.1 Å². The highest BCUT2D eigenvalue weighted by molar-refractivity contribution is 6.09. The second kappa shape index (κ2) is 4.89. The summed E-state index contributed by atoms with van der Waals surface area (Å²) in [5.41, 5.74) is 8.59. The average Bonchev–Trinajstić information content (AvgIpc) is 2.93. The average molecular weight is 269 g/mol. The molecule has 0 fully saturated rings. The summed E-state index contributed by atoms with van der Waals surface area (Å²) >= 11 is 0. The Morgan fingerprint density at radius 1 is 1.20 bits per heavy atom. The molecule has 0 atom stereocenters. The van der Waals surface area contributed by atoms with Gasteiger partial charge in [-0.1, -0.05) is 0 Å². The molecule has 0 radical (unpaired) electrons. The van der Waals surface area contributed by atoms with Crippen molar-refractivity contribution in [1.29, 1.82) is 0 Å². The Bertz CT molecular complexity index is 679. The minimum atomic E-state index is -0.0472. The molecule has 1 aliphatic rings. The number of hydrogen-bond donors (Lipinski definition) is 1. The molecule has 102 valence electrons. The van der Waals surface area contributed by atoms with E-state index >= 15 is 0 Å². The molecule has 0 unspecified atom stereocenters. The Labute approximate surface area is 117 Å². The van der Waals surface area contributed by atoms with Gasteiger partial charge in [0.1, 0.15) is 11.5 Å². The van der Waals surface area contributed by atoms with E-state index in [2.05, 4.69) is 0 Å². The molecular formula is C16H15NO3. The van der Waals surface area contributed by atoms with Gasteiger partial charge in [-0.05, 0) is 42.0 Å². The first-order chi connectivity index (χ1) is 9.69. The maximum absolute atomic E-state index is 12.5. The highest BCUT2D eigenvalue weighted by Crippen LogP contribution is 2.28. The summed E-state index contributed by atoms with van der Waals surface area (Å²) in [6.45, 7) is 0.683. The van der Waals surface area contributed by atoms with Crippen molar-refractivity contribution in [3.05, 3.63) is 53.1 Å². The van der Waals surface area contributed by atoms with Gasteiger partial charge in [0, 0.05) is 17.5 Å². The standard InChI is InChI=1S/C16H15NO3/c1-19-15-5-3-12(9-13(15)17)16(18)11-2-4-14-10(8-11)6-7-20-14/h2-5,8-9H,6-7,17H2,1H3. The summed E-state index contributed by atoms with van der Waals surface area (Å²) in [6, 6.07) is 10.6. The second-order valence-electron chi connectivity index (χ2n) is 4.71. The normalized spacial score (nSPS) is 12.7. The minimum Gasteiger partial charge on any atom is -0.495 e. The molecule has 0 aliphatic carbocycles. The number of fused-ring (bicyclic) bond motifs is 1. The van der Waals surface area contributed by atoms with Crippen molar-refractivity contribution in [2.45, 2.75) is 6.42 Å². The van der Waals surface area contributed by atoms with E-state index in [9.17, 15) is 4.79 Å². The molecule has 0 bridgehead atoms. The van der Waals surface area contributed by atoms with Gasteiger partial charge in [-0.15, -0.1) is 0 Å². The number of nitrogens with two attached hydrogens (primary N) is 1. The fourth-order valence-electron chi connectivity index (χ4n) is 2.37. The first kappa shape index (κ1) is 12.5. The Hall–Kier alpha value is -2.49. The van der Waals surface area contributed by atoms with Crippen LogP contribution in [0, 0.1) is 0 Å². The highest BCUT2D eigenvalue weighted by atomic mass is 16.5. The van der Waals surface area contributed by atoms with Gasteiger partial charge in [0.05, 0.1) is 19.4 Å². The van der Waals surface area contributed by atoms with Crippen LogP contribution in [-0.2, 0) is 6.42 Å². The van der Waals surface area contributed by atoms with Crippen LogP contribution in [0.15, 0.2) is 36.4 Å². The predicted octanol–water partition coefficient (Wildman–Crippen LogP) is 2.44. The van der Waals surface area contributed by atoms with Crippen LogP contribution in [0.25, 0.3) is 0 Å². The smallest absolute Gasteiger partial charge is 0.193 e. The molecule has 1 aliphatic heterocycles. The molecule has 2 N–H and O–H groups in total. The van der Waals surface area contributed by atoms with Crippen LogP contribution < -0.4 is 15.2 Å². The molecule has 2 aromatic carbocycles. The van der Waals surface area contributed by atoms with Gasteiger partial charge < -0.3 is 15.2 Å². The molecule has 4 nitrogen and oxygen atoms in total. The van der Waals surface area contributed by atoms with E-state index in [-0.39, 0.29) is 5.78 Å². The summed E-state index contributed by atoms with van der Waals surface area (Å²) < 4.78 is 10.5. The zero-order chi connectivity index (χ0) is 14.1. The van der Waals surface area contributed by atoms with E-state index in [0.717, 1.165) is 17.7 Å². The molecule has 4 heteroatoms. The molecule has 20 heavy (non-hydrogen) atoms. The maximum Gasteiger partial charge on any atom is 0.193 e. The van der Waals surface area contributed by atoms with E-state index in [4.69, 9.17) is 15.2 Å². The van der Waals surface area contributed by atoms with Gasteiger partial charge >= 0.3 is 0 Å². The number of carbonyl (C=O) groups is 1. The second-order valence-corrected chi connectivity index (χ2v) is 4.71. The van der Waals surface area contributed by atoms with Gasteiger partial charge in [0.25, 0.3) is 0 Å². The SMILES string of the molecule is COc1ccc(C(=O)c2ccc3c(c2)CCO3)cc1N. The molecule has 0 aromatic heterocycles. The van der Waals surface area contributed by atoms with Crippen molar-refractivity contribution in [3.8, 4) is 11.5 Å². The van der Waals surface area contributed by atoms with E-state index in [1.165, 1.54) is 0 Å². The van der Waals surface area contributed by atoms with Gasteiger partial charge in [-0.25, -0.2) is 0 Å². The Balaban J connectivity index is 1.94. The molecule has 1 heterocycles. The number of methoxy groups -OCH3 is 1. The van der Waals surface area contributed by atoms with E-state index in [1.54, 1.807) is 31.4 Å². The number of ketones is 1. The largest absolute Gasteiger partial charge is 0.495 e. The third-order valence-corrected chi connectivity index (χ3v) is 3.44. The van der Waals surface area contributed by atoms with Gasteiger partial charge in [0.2, 0.25) is 0 Å². The van der Waals surface area contributed by atoms with Crippen molar-refractivity contribution >= 4 is 11.5 Å². The van der Waals surface area contributed by atoms with Gasteiger partial charge in [-0.2, -0.15) is 0 Å². The van der Waals surface area contributed by atoms with E-state index in [0.29, 0.717) is 29.2 Å². The lowest BCUT2D eigenvalue weighted by Gasteiger charge is -2.07. The molecule has 0 spiro atoms. The summed E-state index contributed by atoms with van der Waals surface area (Å²) in [4.78, 5) is 12.5. The third-order valence-electron chi connectivity index (χ3n) is 3.44. The van der Waals surface area contributed by atoms with Crippen LogP contribution in [0.2, 0.25) is 0 Å². The molecule has 0 saturated carbocycles. The van der Waals surface area contributed by atoms with Crippen molar-refractivity contribution < 1.29 is 14.3 Å². The van der Waals surface area contributed by atoms with Crippen molar-refractivity contribution in [2.75, 3.05) is 19.5 Å². The van der Waals surface area contributed by atoms with Crippen LogP contribution in [0.3, 0.4) is 0 Å². The van der Waals surface area contributed by atoms with Gasteiger partial charge in [0.15, 0.2) is 5.78 Å². The maximum atomic E-state index is 12.5. The molecule has 3 rings (SSSR count). The summed E-state index contributed by atoms with van der Waals surface area (Å²) in [5.74, 6) is 1.40. The molecular weight excluding hydrogens is 254 g/mol. The third kappa shape index (κ3) is 2.09. The number of nitrogen functional groups attached to an aromatic ring is 1. The number of ether oxygens (including phenoxy) is 2. The van der Waals surface area contributed by atoms with Crippen LogP contribution in [-0.4, -0.2) is 19.5 Å². The zero-order valence-corrected chi connectivity index (χ0v) is 11.2. The van der Waals surface area contributed by atoms with E-state index < -0.39 is 0 Å². The lowest BCUT2D eigenvalue weighted by atomic mass is 10.00. The first-order valence-corrected chi connectivity index (χ1v) is 6.43. The monoisotopic (exact) mass is 269 g/mol. The highest BCUT2D eigenvalue weighted by Gasteiger charge is 2.16. The number of hydrogen-bond acceptors (Lipinski definition) is 4.